The maximum atomic E-state index is 12.2. The van der Waals surface area contributed by atoms with Crippen molar-refractivity contribution < 1.29 is 13.2 Å². The van der Waals surface area contributed by atoms with Gasteiger partial charge in [0.05, 0.1) is 17.0 Å². The Morgan fingerprint density at radius 1 is 1.00 bits per heavy atom. The van der Waals surface area contributed by atoms with E-state index in [0.717, 1.165) is 6.26 Å². The highest BCUT2D eigenvalue weighted by atomic mass is 35.5. The van der Waals surface area contributed by atoms with Gasteiger partial charge in [-0.15, -0.1) is 0 Å². The number of nitrogens with one attached hydrogen (secondary N) is 2. The topological polar surface area (TPSA) is 75.3 Å². The van der Waals surface area contributed by atoms with Gasteiger partial charge in [-0.2, -0.15) is 0 Å². The second-order valence-corrected chi connectivity index (χ2v) is 7.71. The van der Waals surface area contributed by atoms with E-state index in [1.54, 1.807) is 18.2 Å². The van der Waals surface area contributed by atoms with Crippen LogP contribution in [0.2, 0.25) is 15.1 Å². The summed E-state index contributed by atoms with van der Waals surface area (Å²) < 4.78 is 24.7. The van der Waals surface area contributed by atoms with E-state index in [4.69, 9.17) is 34.8 Å². The average Bonchev–Trinajstić information content (AvgIpc) is 2.38. The molecule has 5 nitrogen and oxygen atoms in total. The predicted molar refractivity (Wildman–Crippen MR) is 94.3 cm³/mol. The zero-order valence-electron chi connectivity index (χ0n) is 11.7. The van der Waals surface area contributed by atoms with E-state index >= 15 is 0 Å². The first kappa shape index (κ1) is 17.9. The van der Waals surface area contributed by atoms with Gasteiger partial charge >= 0.3 is 0 Å². The standard InChI is InChI=1S/C14H11Cl3N2O3S/c1-23(21,22)19-13-3-2-8(4-12(13)17)14(20)18-11-6-9(15)5-10(16)7-11/h2-7,19H,1H3,(H,18,20). The number of sulfonamides is 1. The second-order valence-electron chi connectivity index (χ2n) is 4.68. The van der Waals surface area contributed by atoms with Crippen molar-refractivity contribution >= 4 is 62.1 Å². The molecule has 0 unspecified atom stereocenters. The summed E-state index contributed by atoms with van der Waals surface area (Å²) in [7, 11) is -3.46. The molecule has 2 aromatic rings. The van der Waals surface area contributed by atoms with Crippen LogP contribution in [0.4, 0.5) is 11.4 Å². The lowest BCUT2D eigenvalue weighted by Crippen LogP contribution is -2.13. The maximum absolute atomic E-state index is 12.2. The Morgan fingerprint density at radius 2 is 1.61 bits per heavy atom. The van der Waals surface area contributed by atoms with Crippen molar-refractivity contribution in [3.8, 4) is 0 Å². The number of hydrogen-bond acceptors (Lipinski definition) is 3. The van der Waals surface area contributed by atoms with Crippen LogP contribution in [-0.4, -0.2) is 20.6 Å². The molecule has 0 fully saturated rings. The van der Waals surface area contributed by atoms with Crippen molar-refractivity contribution in [2.75, 3.05) is 16.3 Å². The quantitative estimate of drug-likeness (QED) is 0.814. The first-order valence-electron chi connectivity index (χ1n) is 6.19. The van der Waals surface area contributed by atoms with Gasteiger partial charge < -0.3 is 5.32 Å². The van der Waals surface area contributed by atoms with Crippen LogP contribution in [0, 0.1) is 0 Å². The minimum atomic E-state index is -3.46. The van der Waals surface area contributed by atoms with Crippen LogP contribution in [0.25, 0.3) is 0 Å². The lowest BCUT2D eigenvalue weighted by Gasteiger charge is -2.09. The van der Waals surface area contributed by atoms with Crippen molar-refractivity contribution in [3.63, 3.8) is 0 Å². The Bertz CT molecular complexity index is 849. The SMILES string of the molecule is CS(=O)(=O)Nc1ccc(C(=O)Nc2cc(Cl)cc(Cl)c2)cc1Cl. The number of rotatable bonds is 4. The fourth-order valence-corrected chi connectivity index (χ4v) is 3.16. The molecule has 0 heterocycles. The summed E-state index contributed by atoms with van der Waals surface area (Å²) in [5.74, 6) is -0.434. The summed E-state index contributed by atoms with van der Waals surface area (Å²) in [6.07, 6.45) is 1.01. The molecular weight excluding hydrogens is 383 g/mol. The molecule has 0 aliphatic carbocycles. The van der Waals surface area contributed by atoms with E-state index < -0.39 is 15.9 Å². The molecule has 0 spiro atoms. The molecule has 2 rings (SSSR count). The Kier molecular flexibility index (Phi) is 5.41. The zero-order chi connectivity index (χ0) is 17.2. The Labute approximate surface area is 148 Å². The molecule has 2 N–H and O–H groups in total. The van der Waals surface area contributed by atoms with E-state index in [9.17, 15) is 13.2 Å². The molecule has 0 saturated heterocycles. The van der Waals surface area contributed by atoms with Gasteiger partial charge in [-0.05, 0) is 36.4 Å². The van der Waals surface area contributed by atoms with Crippen LogP contribution in [-0.2, 0) is 10.0 Å². The average molecular weight is 394 g/mol. The fraction of sp³-hybridized carbons (Fsp3) is 0.0714. The fourth-order valence-electron chi connectivity index (χ4n) is 1.77. The number of carbonyl (C=O) groups is 1. The highest BCUT2D eigenvalue weighted by molar-refractivity contribution is 7.92. The van der Waals surface area contributed by atoms with Crippen molar-refractivity contribution in [2.45, 2.75) is 0 Å². The van der Waals surface area contributed by atoms with Gasteiger partial charge in [0.2, 0.25) is 10.0 Å². The van der Waals surface area contributed by atoms with Gasteiger partial charge in [-0.1, -0.05) is 34.8 Å². The monoisotopic (exact) mass is 392 g/mol. The van der Waals surface area contributed by atoms with Crippen molar-refractivity contribution in [1.29, 1.82) is 0 Å². The minimum Gasteiger partial charge on any atom is -0.322 e. The van der Waals surface area contributed by atoms with E-state index in [1.807, 2.05) is 0 Å². The number of amides is 1. The van der Waals surface area contributed by atoms with Gasteiger partial charge in [-0.25, -0.2) is 8.42 Å². The first-order valence-corrected chi connectivity index (χ1v) is 9.21. The number of carbonyl (C=O) groups excluding carboxylic acids is 1. The van der Waals surface area contributed by atoms with Crippen molar-refractivity contribution in [1.82, 2.24) is 0 Å². The summed E-state index contributed by atoms with van der Waals surface area (Å²) in [4.78, 5) is 12.2. The molecule has 0 aliphatic heterocycles. The summed E-state index contributed by atoms with van der Waals surface area (Å²) in [6, 6.07) is 8.85. The van der Waals surface area contributed by atoms with E-state index in [-0.39, 0.29) is 16.3 Å². The third-order valence-electron chi connectivity index (χ3n) is 2.65. The lowest BCUT2D eigenvalue weighted by molar-refractivity contribution is 0.102. The van der Waals surface area contributed by atoms with Gasteiger partial charge in [0.1, 0.15) is 0 Å². The molecule has 23 heavy (non-hydrogen) atoms. The van der Waals surface area contributed by atoms with Gasteiger partial charge in [0.15, 0.2) is 0 Å². The third kappa shape index (κ3) is 5.28. The molecule has 0 radical (unpaired) electrons. The molecule has 0 atom stereocenters. The number of benzene rings is 2. The molecule has 122 valence electrons. The molecule has 0 aliphatic rings. The second kappa shape index (κ2) is 6.97. The number of halogens is 3. The van der Waals surface area contributed by atoms with Crippen LogP contribution in [0.15, 0.2) is 36.4 Å². The minimum absolute atomic E-state index is 0.104. The lowest BCUT2D eigenvalue weighted by atomic mass is 10.2. The largest absolute Gasteiger partial charge is 0.322 e. The van der Waals surface area contributed by atoms with E-state index in [2.05, 4.69) is 10.0 Å². The third-order valence-corrected chi connectivity index (χ3v) is 3.99. The molecule has 9 heteroatoms. The molecule has 1 amide bonds. The highest BCUT2D eigenvalue weighted by Gasteiger charge is 2.12. The molecule has 0 bridgehead atoms. The molecule has 0 aromatic heterocycles. The Morgan fingerprint density at radius 3 is 2.13 bits per heavy atom. The van der Waals surface area contributed by atoms with Gasteiger partial charge in [-0.3, -0.25) is 9.52 Å². The first-order chi connectivity index (χ1) is 10.6. The van der Waals surface area contributed by atoms with Gasteiger partial charge in [0, 0.05) is 21.3 Å². The Balaban J connectivity index is 2.21. The van der Waals surface area contributed by atoms with Crippen LogP contribution in [0.3, 0.4) is 0 Å². The molecule has 2 aromatic carbocycles. The molecular formula is C14H11Cl3N2O3S. The number of anilines is 2. The smallest absolute Gasteiger partial charge is 0.255 e. The van der Waals surface area contributed by atoms with Crippen molar-refractivity contribution in [3.05, 3.63) is 57.0 Å². The maximum Gasteiger partial charge on any atom is 0.255 e. The summed E-state index contributed by atoms with van der Waals surface area (Å²) in [6.45, 7) is 0. The van der Waals surface area contributed by atoms with Crippen LogP contribution < -0.4 is 10.0 Å². The van der Waals surface area contributed by atoms with Crippen LogP contribution >= 0.6 is 34.8 Å². The van der Waals surface area contributed by atoms with Gasteiger partial charge in [0.25, 0.3) is 5.91 Å². The molecule has 0 saturated carbocycles. The highest BCUT2D eigenvalue weighted by Crippen LogP contribution is 2.26. The summed E-state index contributed by atoms with van der Waals surface area (Å²) >= 11 is 17.7. The summed E-state index contributed by atoms with van der Waals surface area (Å²) in [5, 5.41) is 3.51. The van der Waals surface area contributed by atoms with Crippen LogP contribution in [0.5, 0.6) is 0 Å². The summed E-state index contributed by atoms with van der Waals surface area (Å²) in [5.41, 5.74) is 0.878. The Hall–Kier alpha value is -1.47. The van der Waals surface area contributed by atoms with E-state index in [0.29, 0.717) is 15.7 Å². The normalized spacial score (nSPS) is 11.1. The predicted octanol–water partition coefficient (Wildman–Crippen LogP) is 4.27. The van der Waals surface area contributed by atoms with Crippen molar-refractivity contribution in [2.24, 2.45) is 0 Å². The van der Waals surface area contributed by atoms with E-state index in [1.165, 1.54) is 18.2 Å². The zero-order valence-corrected chi connectivity index (χ0v) is 14.8. The van der Waals surface area contributed by atoms with Crippen LogP contribution in [0.1, 0.15) is 10.4 Å². The number of hydrogen-bond donors (Lipinski definition) is 2.